The van der Waals surface area contributed by atoms with E-state index in [0.29, 0.717) is 11.1 Å². The van der Waals surface area contributed by atoms with Crippen molar-refractivity contribution in [1.29, 1.82) is 0 Å². The molecule has 0 heterocycles. The van der Waals surface area contributed by atoms with Gasteiger partial charge < -0.3 is 10.6 Å². The maximum Gasteiger partial charge on any atom is 0.198 e. The zero-order chi connectivity index (χ0) is 20.5. The molecule has 1 unspecified atom stereocenters. The van der Waals surface area contributed by atoms with Gasteiger partial charge in [-0.3, -0.25) is 0 Å². The average Bonchev–Trinajstić information content (AvgIpc) is 2.67. The van der Waals surface area contributed by atoms with Gasteiger partial charge >= 0.3 is 0 Å². The lowest BCUT2D eigenvalue weighted by atomic mass is 10.0. The molecule has 0 aromatic heterocycles. The Hall–Kier alpha value is -2.70. The summed E-state index contributed by atoms with van der Waals surface area (Å²) in [7, 11) is 0.0361. The van der Waals surface area contributed by atoms with Gasteiger partial charge in [0.2, 0.25) is 0 Å². The molecule has 3 aromatic rings. The largest absolute Gasteiger partial charge is 0.378 e. The van der Waals surface area contributed by atoms with Crippen LogP contribution in [0.2, 0.25) is 0 Å². The number of nitrogens with zero attached hydrogens (tertiary/aromatic N) is 1. The minimum Gasteiger partial charge on any atom is -0.378 e. The number of hydrogen-bond donors (Lipinski definition) is 1. The van der Waals surface area contributed by atoms with Gasteiger partial charge in [-0.05, 0) is 65.6 Å². The summed E-state index contributed by atoms with van der Waals surface area (Å²) < 4.78 is 39.5. The number of nitrogens with two attached hydrogens (primary N) is 1. The van der Waals surface area contributed by atoms with E-state index in [1.54, 1.807) is 43.3 Å². The van der Waals surface area contributed by atoms with Crippen molar-refractivity contribution in [3.63, 3.8) is 0 Å². The highest BCUT2D eigenvalue weighted by molar-refractivity contribution is 7.91. The molecule has 0 saturated heterocycles. The van der Waals surface area contributed by atoms with Crippen LogP contribution in [0.15, 0.2) is 71.6 Å². The van der Waals surface area contributed by atoms with Crippen LogP contribution < -0.4 is 10.6 Å². The van der Waals surface area contributed by atoms with Crippen LogP contribution in [0.1, 0.15) is 16.5 Å². The fourth-order valence-electron chi connectivity index (χ4n) is 3.08. The average molecular weight is 399 g/mol. The van der Waals surface area contributed by atoms with Crippen molar-refractivity contribution >= 4 is 15.5 Å². The molecule has 1 atom stereocenters. The lowest BCUT2D eigenvalue weighted by Gasteiger charge is -2.17. The number of benzene rings is 3. The highest BCUT2D eigenvalue weighted by atomic mass is 32.2. The van der Waals surface area contributed by atoms with Crippen molar-refractivity contribution in [3.8, 4) is 11.1 Å². The van der Waals surface area contributed by atoms with E-state index in [4.69, 9.17) is 5.73 Å². The first-order valence-electron chi connectivity index (χ1n) is 8.83. The number of aryl methyl sites for hydroxylation is 1. The van der Waals surface area contributed by atoms with Gasteiger partial charge in [0.25, 0.3) is 0 Å². The molecular weight excluding hydrogens is 375 g/mol. The molecule has 0 aliphatic heterocycles. The van der Waals surface area contributed by atoms with E-state index in [2.05, 4.69) is 0 Å². The molecule has 2 N–H and O–H groups in total. The number of sulfone groups is 1. The van der Waals surface area contributed by atoms with Crippen molar-refractivity contribution < 1.29 is 12.8 Å². The number of anilines is 1. The Labute approximate surface area is 165 Å². The molecule has 28 heavy (non-hydrogen) atoms. The van der Waals surface area contributed by atoms with E-state index in [1.807, 2.05) is 31.1 Å². The van der Waals surface area contributed by atoms with E-state index >= 15 is 0 Å². The molecule has 3 rings (SSSR count). The van der Waals surface area contributed by atoms with E-state index in [0.717, 1.165) is 16.8 Å². The normalized spacial score (nSPS) is 12.6. The molecule has 0 bridgehead atoms. The van der Waals surface area contributed by atoms with Crippen LogP contribution in [0.4, 0.5) is 10.1 Å². The quantitative estimate of drug-likeness (QED) is 0.696. The highest BCUT2D eigenvalue weighted by Gasteiger charge is 2.26. The summed E-state index contributed by atoms with van der Waals surface area (Å²) in [5.41, 5.74) is 9.82. The fourth-order valence-corrected chi connectivity index (χ4v) is 4.45. The third kappa shape index (κ3) is 3.93. The van der Waals surface area contributed by atoms with E-state index < -0.39 is 15.2 Å². The monoisotopic (exact) mass is 398 g/mol. The number of halogens is 1. The van der Waals surface area contributed by atoms with E-state index in [1.165, 1.54) is 18.2 Å². The molecule has 0 amide bonds. The minimum absolute atomic E-state index is 0.137. The van der Waals surface area contributed by atoms with Crippen molar-refractivity contribution in [2.45, 2.75) is 17.2 Å². The van der Waals surface area contributed by atoms with E-state index in [9.17, 15) is 12.8 Å². The third-order valence-electron chi connectivity index (χ3n) is 4.73. The predicted octanol–water partition coefficient (Wildman–Crippen LogP) is 4.30. The standard InChI is InChI=1S/C22H23FN2O2S/c1-15-13-18(23)9-12-21(15)17-5-4-6-20(14-17)28(26,27)22(24)16-7-10-19(11-8-16)25(2)3/h4-14,22H,24H2,1-3H3. The van der Waals surface area contributed by atoms with Crippen LogP contribution in [-0.2, 0) is 9.84 Å². The summed E-state index contributed by atoms with van der Waals surface area (Å²) in [6.07, 6.45) is 0. The molecule has 0 radical (unpaired) electrons. The summed E-state index contributed by atoms with van der Waals surface area (Å²) in [4.78, 5) is 2.07. The Morgan fingerprint density at radius 1 is 0.964 bits per heavy atom. The second kappa shape index (κ2) is 7.73. The molecule has 0 saturated carbocycles. The second-order valence-electron chi connectivity index (χ2n) is 6.94. The summed E-state index contributed by atoms with van der Waals surface area (Å²) in [5.74, 6) is -0.326. The molecular formula is C22H23FN2O2S. The number of hydrogen-bond acceptors (Lipinski definition) is 4. The molecule has 4 nitrogen and oxygen atoms in total. The fraction of sp³-hybridized carbons (Fsp3) is 0.182. The molecule has 3 aromatic carbocycles. The zero-order valence-corrected chi connectivity index (χ0v) is 16.9. The SMILES string of the molecule is Cc1cc(F)ccc1-c1cccc(S(=O)(=O)C(N)c2ccc(N(C)C)cc2)c1. The summed E-state index contributed by atoms with van der Waals surface area (Å²) in [6.45, 7) is 1.79. The lowest BCUT2D eigenvalue weighted by molar-refractivity contribution is 0.583. The van der Waals surface area contributed by atoms with Crippen molar-refractivity contribution in [2.75, 3.05) is 19.0 Å². The topological polar surface area (TPSA) is 63.4 Å². The summed E-state index contributed by atoms with van der Waals surface area (Å²) in [6, 6.07) is 18.2. The Balaban J connectivity index is 1.97. The van der Waals surface area contributed by atoms with Crippen molar-refractivity contribution in [3.05, 3.63) is 83.7 Å². The Bertz CT molecular complexity index is 1090. The first kappa shape index (κ1) is 20.0. The van der Waals surface area contributed by atoms with Gasteiger partial charge in [-0.15, -0.1) is 0 Å². The summed E-state index contributed by atoms with van der Waals surface area (Å²) >= 11 is 0. The molecule has 6 heteroatoms. The first-order chi connectivity index (χ1) is 13.2. The molecule has 0 spiro atoms. The maximum absolute atomic E-state index is 13.4. The van der Waals surface area contributed by atoms with Crippen LogP contribution in [0.5, 0.6) is 0 Å². The highest BCUT2D eigenvalue weighted by Crippen LogP contribution is 2.30. The van der Waals surface area contributed by atoms with Gasteiger partial charge in [0.05, 0.1) is 4.90 Å². The Morgan fingerprint density at radius 3 is 2.25 bits per heavy atom. The first-order valence-corrected chi connectivity index (χ1v) is 10.4. The van der Waals surface area contributed by atoms with Gasteiger partial charge in [0.1, 0.15) is 11.2 Å². The predicted molar refractivity (Wildman–Crippen MR) is 111 cm³/mol. The zero-order valence-electron chi connectivity index (χ0n) is 16.1. The molecule has 0 fully saturated rings. The summed E-state index contributed by atoms with van der Waals surface area (Å²) in [5, 5.41) is -1.17. The molecule has 146 valence electrons. The Kier molecular flexibility index (Phi) is 5.54. The van der Waals surface area contributed by atoms with Crippen LogP contribution in [-0.4, -0.2) is 22.5 Å². The van der Waals surface area contributed by atoms with Gasteiger partial charge in [-0.2, -0.15) is 0 Å². The Morgan fingerprint density at radius 2 is 1.64 bits per heavy atom. The van der Waals surface area contributed by atoms with E-state index in [-0.39, 0.29) is 10.7 Å². The van der Waals surface area contributed by atoms with Gasteiger partial charge in [0.15, 0.2) is 9.84 Å². The van der Waals surface area contributed by atoms with Gasteiger partial charge in [-0.1, -0.05) is 30.3 Å². The molecule has 0 aliphatic carbocycles. The lowest BCUT2D eigenvalue weighted by Crippen LogP contribution is -2.22. The molecule has 0 aliphatic rings. The van der Waals surface area contributed by atoms with Crippen LogP contribution in [0.3, 0.4) is 0 Å². The number of rotatable bonds is 5. The smallest absolute Gasteiger partial charge is 0.198 e. The minimum atomic E-state index is -3.79. The van der Waals surface area contributed by atoms with Crippen LogP contribution in [0.25, 0.3) is 11.1 Å². The van der Waals surface area contributed by atoms with Gasteiger partial charge in [0, 0.05) is 19.8 Å². The maximum atomic E-state index is 13.4. The third-order valence-corrected chi connectivity index (χ3v) is 6.59. The van der Waals surface area contributed by atoms with Crippen LogP contribution in [0, 0.1) is 12.7 Å². The van der Waals surface area contributed by atoms with Gasteiger partial charge in [-0.25, -0.2) is 12.8 Å². The van der Waals surface area contributed by atoms with Crippen molar-refractivity contribution in [1.82, 2.24) is 0 Å². The second-order valence-corrected chi connectivity index (χ2v) is 9.01. The van der Waals surface area contributed by atoms with Crippen LogP contribution >= 0.6 is 0 Å². The van der Waals surface area contributed by atoms with Crippen molar-refractivity contribution in [2.24, 2.45) is 5.73 Å².